The smallest absolute Gasteiger partial charge is 0.329 e. The molecule has 20 nitrogen and oxygen atoms in total. The normalized spacial score (nSPS) is 12.1. The fraction of sp³-hybridized carbons (Fsp3) is 0.229. The maximum Gasteiger partial charge on any atom is 0.329 e. The van der Waals surface area contributed by atoms with E-state index >= 15 is 0 Å². The lowest BCUT2D eigenvalue weighted by Crippen LogP contribution is -2.54. The molecular formula is C48H48N6O14. The van der Waals surface area contributed by atoms with E-state index in [1.165, 1.54) is 110 Å². The Morgan fingerprint density at radius 3 is 1.71 bits per heavy atom. The van der Waals surface area contributed by atoms with Crippen LogP contribution in [0, 0.1) is 10.1 Å². The Labute approximate surface area is 389 Å². The second-order valence-electron chi connectivity index (χ2n) is 15.4. The molecule has 0 spiro atoms. The molecule has 5 aromatic carbocycles. The van der Waals surface area contributed by atoms with Gasteiger partial charge in [0.05, 0.1) is 34.1 Å². The number of phenols is 1. The number of carboxylic acid groups (broad SMARTS) is 1. The van der Waals surface area contributed by atoms with Crippen LogP contribution >= 0.6 is 0 Å². The number of ketones is 1. The number of nitrogens with zero attached hydrogens (tertiary/aromatic N) is 1. The number of benzene rings is 5. The molecule has 3 unspecified atom stereocenters. The van der Waals surface area contributed by atoms with Crippen molar-refractivity contribution in [1.82, 2.24) is 5.32 Å². The van der Waals surface area contributed by atoms with Gasteiger partial charge in [-0.15, -0.1) is 0 Å². The molecule has 0 fully saturated rings. The molecule has 0 aliphatic carbocycles. The minimum Gasteiger partial charge on any atom is -0.504 e. The van der Waals surface area contributed by atoms with Crippen molar-refractivity contribution >= 4 is 69.7 Å². The first kappa shape index (κ1) is 50.4. The van der Waals surface area contributed by atoms with Gasteiger partial charge in [-0.2, -0.15) is 0 Å². The monoisotopic (exact) mass is 932 g/mol. The van der Waals surface area contributed by atoms with Gasteiger partial charge in [-0.1, -0.05) is 6.92 Å². The molecule has 0 bridgehead atoms. The molecule has 7 N–H and O–H groups in total. The number of carbonyl (C=O) groups is 7. The van der Waals surface area contributed by atoms with Gasteiger partial charge in [0.1, 0.15) is 5.75 Å². The van der Waals surface area contributed by atoms with Crippen molar-refractivity contribution in [1.29, 1.82) is 0 Å². The maximum absolute atomic E-state index is 13.5. The Hall–Kier alpha value is -8.65. The zero-order chi connectivity index (χ0) is 49.8. The highest BCUT2D eigenvalue weighted by molar-refractivity contribution is 6.10. The zero-order valence-electron chi connectivity index (χ0n) is 37.6. The summed E-state index contributed by atoms with van der Waals surface area (Å²) in [6.45, 7) is 8.52. The number of hydrogen-bond donors (Lipinski definition) is 7. The summed E-state index contributed by atoms with van der Waals surface area (Å²) in [5, 5.41) is 44.9. The minimum atomic E-state index is -1.88. The van der Waals surface area contributed by atoms with Gasteiger partial charge >= 0.3 is 5.97 Å². The van der Waals surface area contributed by atoms with Crippen LogP contribution in [0.4, 0.5) is 28.4 Å². The number of carbonyl (C=O) groups excluding carboxylic acids is 6. The van der Waals surface area contributed by atoms with Crippen LogP contribution in [0.25, 0.3) is 0 Å². The molecule has 5 amide bonds. The lowest BCUT2D eigenvalue weighted by Gasteiger charge is -2.23. The third-order valence-electron chi connectivity index (χ3n) is 10.0. The van der Waals surface area contributed by atoms with E-state index in [2.05, 4.69) is 26.6 Å². The lowest BCUT2D eigenvalue weighted by atomic mass is 10.1. The number of anilines is 4. The fourth-order valence-electron chi connectivity index (χ4n) is 6.28. The molecule has 354 valence electrons. The van der Waals surface area contributed by atoms with Gasteiger partial charge in [-0.25, -0.2) is 4.79 Å². The molecule has 0 saturated heterocycles. The van der Waals surface area contributed by atoms with Gasteiger partial charge in [0.25, 0.3) is 35.2 Å². The molecule has 0 aliphatic rings. The Morgan fingerprint density at radius 2 is 1.18 bits per heavy atom. The summed E-state index contributed by atoms with van der Waals surface area (Å²) in [6.07, 6.45) is -1.84. The quantitative estimate of drug-likeness (QED) is 0.0234. The number of amides is 5. The number of aliphatic carboxylic acids is 1. The molecule has 20 heteroatoms. The van der Waals surface area contributed by atoms with Gasteiger partial charge in [-0.3, -0.25) is 38.9 Å². The molecule has 5 aromatic rings. The van der Waals surface area contributed by atoms with E-state index in [-0.39, 0.29) is 74.1 Å². The number of non-ortho nitro benzene ring substituents is 1. The van der Waals surface area contributed by atoms with Crippen molar-refractivity contribution in [3.8, 4) is 17.2 Å². The molecule has 5 rings (SSSR count). The second-order valence-corrected chi connectivity index (χ2v) is 15.4. The number of hydrogen-bond acceptors (Lipinski definition) is 13. The number of carboxylic acids is 1. The first-order valence-corrected chi connectivity index (χ1v) is 20.9. The summed E-state index contributed by atoms with van der Waals surface area (Å²) in [5.74, 6) is -6.12. The van der Waals surface area contributed by atoms with Gasteiger partial charge < -0.3 is 51.0 Å². The third kappa shape index (κ3) is 12.8. The molecular weight excluding hydrogens is 885 g/mol. The minimum absolute atomic E-state index is 0.0221. The summed E-state index contributed by atoms with van der Waals surface area (Å²) >= 11 is 0. The fourth-order valence-corrected chi connectivity index (χ4v) is 6.28. The number of nitro groups is 1. The Morgan fingerprint density at radius 1 is 0.662 bits per heavy atom. The molecule has 0 radical (unpaired) electrons. The van der Waals surface area contributed by atoms with Crippen LogP contribution in [0.1, 0.15) is 92.8 Å². The highest BCUT2D eigenvalue weighted by atomic mass is 16.6. The number of nitrogens with one attached hydrogen (secondary N) is 5. The molecule has 68 heavy (non-hydrogen) atoms. The summed E-state index contributed by atoms with van der Waals surface area (Å²) in [5.41, 5.74) is 0.854. The van der Waals surface area contributed by atoms with Crippen LogP contribution in [0.3, 0.4) is 0 Å². The van der Waals surface area contributed by atoms with E-state index in [4.69, 9.17) is 14.2 Å². The average molecular weight is 933 g/mol. The maximum atomic E-state index is 13.5. The molecule has 0 saturated carbocycles. The van der Waals surface area contributed by atoms with Crippen molar-refractivity contribution in [3.63, 3.8) is 0 Å². The van der Waals surface area contributed by atoms with Gasteiger partial charge in [-0.05, 0) is 125 Å². The van der Waals surface area contributed by atoms with Crippen molar-refractivity contribution < 1.29 is 62.9 Å². The number of methoxy groups -OCH3 is 1. The number of phenolic OH excluding ortho intramolecular Hbond substituents is 1. The van der Waals surface area contributed by atoms with Crippen LogP contribution in [0.15, 0.2) is 103 Å². The molecule has 0 aliphatic heterocycles. The number of aromatic hydroxyl groups is 1. The van der Waals surface area contributed by atoms with Crippen LogP contribution in [0.2, 0.25) is 0 Å². The molecule has 3 atom stereocenters. The third-order valence-corrected chi connectivity index (χ3v) is 10.0. The highest BCUT2D eigenvalue weighted by Gasteiger charge is 2.36. The summed E-state index contributed by atoms with van der Waals surface area (Å²) in [4.78, 5) is 101. The number of ether oxygens (including phenoxy) is 3. The average Bonchev–Trinajstić information content (AvgIpc) is 3.30. The van der Waals surface area contributed by atoms with Crippen molar-refractivity contribution in [2.75, 3.05) is 28.4 Å². The predicted octanol–water partition coefficient (Wildman–Crippen LogP) is 7.06. The summed E-state index contributed by atoms with van der Waals surface area (Å²) in [7, 11) is 1.07. The van der Waals surface area contributed by atoms with E-state index in [0.717, 1.165) is 7.11 Å². The summed E-state index contributed by atoms with van der Waals surface area (Å²) < 4.78 is 17.0. The predicted molar refractivity (Wildman–Crippen MR) is 249 cm³/mol. The Kier molecular flexibility index (Phi) is 16.7. The zero-order valence-corrected chi connectivity index (χ0v) is 37.6. The highest BCUT2D eigenvalue weighted by Crippen LogP contribution is 2.40. The SMILES string of the molecule is CCC(C)Oc1cc(C(C)=O)ccc1NC(=O)c1ccc(NC(=O)c2ccc(NC(=O)C(OC)C(NC(=O)c3ccc(NC(=O)c4ccc([N+](=O)[O-])cc4)cc3)C(=O)O)cc2)c(OC(C)C)c1O. The topological polar surface area (TPSA) is 291 Å². The molecule has 0 heterocycles. The Bertz CT molecular complexity index is 2720. The Balaban J connectivity index is 1.23. The number of Topliss-reactive ketones (excluding diaryl/α,β-unsaturated/α-hetero) is 1. The lowest BCUT2D eigenvalue weighted by molar-refractivity contribution is -0.384. The van der Waals surface area contributed by atoms with E-state index in [0.29, 0.717) is 12.0 Å². The standard InChI is InChI=1S/C48H48N6O14/c1-7-26(4)68-38-24-31(27(5)55)14-22-36(38)51-46(60)35-21-23-37(41(40(35)56)67-25(2)3)52-44(58)28-8-17-33(18-9-28)50-47(61)42(66-6)39(48(62)63)53-45(59)29-10-15-32(16-11-29)49-43(57)30-12-19-34(20-13-30)54(64)65/h8-26,39,42,56H,7H2,1-6H3,(H,49,57)(H,50,61)(H,51,60)(H,52,58)(H,53,59)(H,62,63). The van der Waals surface area contributed by atoms with Crippen molar-refractivity contribution in [2.45, 2.75) is 65.4 Å². The van der Waals surface area contributed by atoms with Gasteiger partial charge in [0.15, 0.2) is 29.4 Å². The molecule has 0 aromatic heterocycles. The summed E-state index contributed by atoms with van der Waals surface area (Å²) in [6, 6.07) is 21.0. The van der Waals surface area contributed by atoms with E-state index < -0.39 is 64.4 Å². The van der Waals surface area contributed by atoms with Crippen LogP contribution in [0.5, 0.6) is 17.2 Å². The van der Waals surface area contributed by atoms with Crippen molar-refractivity contribution in [2.24, 2.45) is 0 Å². The van der Waals surface area contributed by atoms with Crippen molar-refractivity contribution in [3.05, 3.63) is 141 Å². The first-order valence-electron chi connectivity index (χ1n) is 20.9. The van der Waals surface area contributed by atoms with E-state index in [1.54, 1.807) is 13.8 Å². The van der Waals surface area contributed by atoms with Crippen LogP contribution in [-0.4, -0.2) is 87.9 Å². The largest absolute Gasteiger partial charge is 0.504 e. The van der Waals surface area contributed by atoms with E-state index in [1.807, 2.05) is 13.8 Å². The second kappa shape index (κ2) is 22.5. The van der Waals surface area contributed by atoms with Gasteiger partial charge in [0, 0.05) is 52.9 Å². The number of rotatable bonds is 20. The number of nitro benzene ring substituents is 1. The first-order chi connectivity index (χ1) is 32.3. The van der Waals surface area contributed by atoms with Crippen LogP contribution < -0.4 is 36.1 Å². The van der Waals surface area contributed by atoms with Crippen LogP contribution in [-0.2, 0) is 14.3 Å². The van der Waals surface area contributed by atoms with E-state index in [9.17, 15) is 53.9 Å². The van der Waals surface area contributed by atoms with Gasteiger partial charge in [0.2, 0.25) is 0 Å².